The normalized spacial score (nSPS) is 38.5. The summed E-state index contributed by atoms with van der Waals surface area (Å²) in [5.74, 6) is 0.595. The van der Waals surface area contributed by atoms with Gasteiger partial charge in [-0.1, -0.05) is 0 Å². The van der Waals surface area contributed by atoms with Gasteiger partial charge in [-0.3, -0.25) is 4.79 Å². The van der Waals surface area contributed by atoms with Crippen molar-refractivity contribution in [2.75, 3.05) is 20.2 Å². The van der Waals surface area contributed by atoms with Crippen molar-refractivity contribution in [3.05, 3.63) is 0 Å². The fourth-order valence-corrected chi connectivity index (χ4v) is 3.37. The standard InChI is InChI=1S/C13H22N2O2/c1-17-10-6-9(7-10)15-12(16)11-8-13(11)2-4-14-5-3-13/h9-11,14H,2-8H2,1H3,(H,15,16). The Bertz CT molecular complexity index is 307. The van der Waals surface area contributed by atoms with Gasteiger partial charge in [-0.2, -0.15) is 0 Å². The predicted octanol–water partition coefficient (Wildman–Crippen LogP) is 0.670. The van der Waals surface area contributed by atoms with Crippen LogP contribution in [0.25, 0.3) is 0 Å². The fourth-order valence-electron chi connectivity index (χ4n) is 3.37. The summed E-state index contributed by atoms with van der Waals surface area (Å²) in [6.07, 6.45) is 5.81. The summed E-state index contributed by atoms with van der Waals surface area (Å²) in [5.41, 5.74) is 0.361. The maximum atomic E-state index is 12.1. The number of nitrogens with one attached hydrogen (secondary N) is 2. The molecular weight excluding hydrogens is 216 g/mol. The second-order valence-electron chi connectivity index (χ2n) is 5.90. The molecule has 0 radical (unpaired) electrons. The Hall–Kier alpha value is -0.610. The Balaban J connectivity index is 1.45. The molecule has 2 saturated carbocycles. The van der Waals surface area contributed by atoms with Gasteiger partial charge in [-0.05, 0) is 50.6 Å². The molecule has 1 saturated heterocycles. The van der Waals surface area contributed by atoms with Crippen molar-refractivity contribution in [3.63, 3.8) is 0 Å². The minimum atomic E-state index is 0.297. The average Bonchev–Trinajstić information content (AvgIpc) is 2.97. The van der Waals surface area contributed by atoms with Crippen LogP contribution < -0.4 is 10.6 Å². The van der Waals surface area contributed by atoms with Crippen LogP contribution in [0, 0.1) is 11.3 Å². The van der Waals surface area contributed by atoms with Crippen molar-refractivity contribution in [1.29, 1.82) is 0 Å². The lowest BCUT2D eigenvalue weighted by atomic mass is 9.88. The van der Waals surface area contributed by atoms with Gasteiger partial charge in [0.05, 0.1) is 6.10 Å². The van der Waals surface area contributed by atoms with Crippen molar-refractivity contribution >= 4 is 5.91 Å². The third-order valence-corrected chi connectivity index (χ3v) is 4.88. The molecule has 4 nitrogen and oxygen atoms in total. The first-order valence-electron chi connectivity index (χ1n) is 6.77. The molecule has 1 atom stereocenters. The Kier molecular flexibility index (Phi) is 2.87. The van der Waals surface area contributed by atoms with Crippen LogP contribution in [-0.4, -0.2) is 38.3 Å². The van der Waals surface area contributed by atoms with Gasteiger partial charge in [0.15, 0.2) is 0 Å². The number of hydrogen-bond donors (Lipinski definition) is 2. The van der Waals surface area contributed by atoms with E-state index in [4.69, 9.17) is 4.74 Å². The monoisotopic (exact) mass is 238 g/mol. The van der Waals surface area contributed by atoms with E-state index in [1.165, 1.54) is 12.8 Å². The molecule has 2 aliphatic carbocycles. The average molecular weight is 238 g/mol. The minimum Gasteiger partial charge on any atom is -0.381 e. The number of rotatable bonds is 3. The number of piperidine rings is 1. The van der Waals surface area contributed by atoms with Crippen molar-refractivity contribution in [1.82, 2.24) is 10.6 Å². The number of amides is 1. The number of methoxy groups -OCH3 is 1. The van der Waals surface area contributed by atoms with Gasteiger partial charge in [0.1, 0.15) is 0 Å². The van der Waals surface area contributed by atoms with Gasteiger partial charge < -0.3 is 15.4 Å². The van der Waals surface area contributed by atoms with Crippen LogP contribution in [-0.2, 0) is 9.53 Å². The van der Waals surface area contributed by atoms with Crippen LogP contribution >= 0.6 is 0 Å². The third-order valence-electron chi connectivity index (χ3n) is 4.88. The molecule has 1 spiro atoms. The van der Waals surface area contributed by atoms with Crippen LogP contribution in [0.3, 0.4) is 0 Å². The maximum Gasteiger partial charge on any atom is 0.223 e. The third kappa shape index (κ3) is 2.08. The van der Waals surface area contributed by atoms with E-state index in [9.17, 15) is 4.79 Å². The summed E-state index contributed by atoms with van der Waals surface area (Å²) in [7, 11) is 1.74. The molecule has 96 valence electrons. The number of carbonyl (C=O) groups is 1. The van der Waals surface area contributed by atoms with Crippen molar-refractivity contribution in [2.24, 2.45) is 11.3 Å². The molecule has 0 aromatic rings. The highest BCUT2D eigenvalue weighted by molar-refractivity contribution is 5.83. The Morgan fingerprint density at radius 1 is 1.35 bits per heavy atom. The molecule has 4 heteroatoms. The topological polar surface area (TPSA) is 50.4 Å². The Morgan fingerprint density at radius 3 is 2.71 bits per heavy atom. The van der Waals surface area contributed by atoms with Gasteiger partial charge in [-0.15, -0.1) is 0 Å². The second-order valence-corrected chi connectivity index (χ2v) is 5.90. The summed E-state index contributed by atoms with van der Waals surface area (Å²) in [4.78, 5) is 12.1. The largest absolute Gasteiger partial charge is 0.381 e. The zero-order valence-electron chi connectivity index (χ0n) is 10.5. The summed E-state index contributed by atoms with van der Waals surface area (Å²) >= 11 is 0. The van der Waals surface area contributed by atoms with Gasteiger partial charge in [0, 0.05) is 19.1 Å². The van der Waals surface area contributed by atoms with Gasteiger partial charge in [0.25, 0.3) is 0 Å². The van der Waals surface area contributed by atoms with Crippen LogP contribution in [0.2, 0.25) is 0 Å². The van der Waals surface area contributed by atoms with Gasteiger partial charge in [-0.25, -0.2) is 0 Å². The highest BCUT2D eigenvalue weighted by Gasteiger charge is 2.57. The molecule has 2 N–H and O–H groups in total. The number of hydrogen-bond acceptors (Lipinski definition) is 3. The van der Waals surface area contributed by atoms with Crippen molar-refractivity contribution in [2.45, 2.75) is 44.2 Å². The maximum absolute atomic E-state index is 12.1. The van der Waals surface area contributed by atoms with E-state index in [2.05, 4.69) is 10.6 Å². The molecule has 3 aliphatic rings. The predicted molar refractivity (Wildman–Crippen MR) is 64.6 cm³/mol. The van der Waals surface area contributed by atoms with E-state index < -0.39 is 0 Å². The van der Waals surface area contributed by atoms with E-state index in [0.717, 1.165) is 32.4 Å². The van der Waals surface area contributed by atoms with Crippen molar-refractivity contribution < 1.29 is 9.53 Å². The molecule has 1 unspecified atom stereocenters. The van der Waals surface area contributed by atoms with Crippen LogP contribution in [0.5, 0.6) is 0 Å². The van der Waals surface area contributed by atoms with Gasteiger partial charge in [0.2, 0.25) is 5.91 Å². The molecule has 3 rings (SSSR count). The van der Waals surface area contributed by atoms with E-state index >= 15 is 0 Å². The van der Waals surface area contributed by atoms with Crippen molar-refractivity contribution in [3.8, 4) is 0 Å². The summed E-state index contributed by atoms with van der Waals surface area (Å²) in [6, 6.07) is 0.367. The number of carbonyl (C=O) groups excluding carboxylic acids is 1. The zero-order chi connectivity index (χ0) is 11.9. The van der Waals surface area contributed by atoms with E-state index in [1.807, 2.05) is 0 Å². The second kappa shape index (κ2) is 4.25. The highest BCUT2D eigenvalue weighted by atomic mass is 16.5. The molecule has 17 heavy (non-hydrogen) atoms. The lowest BCUT2D eigenvalue weighted by molar-refractivity contribution is -0.125. The molecule has 1 amide bonds. The van der Waals surface area contributed by atoms with Gasteiger partial charge >= 0.3 is 0 Å². The summed E-state index contributed by atoms with van der Waals surface area (Å²) < 4.78 is 5.22. The first-order chi connectivity index (χ1) is 8.23. The van der Waals surface area contributed by atoms with Crippen LogP contribution in [0.15, 0.2) is 0 Å². The van der Waals surface area contributed by atoms with E-state index in [-0.39, 0.29) is 0 Å². The zero-order valence-corrected chi connectivity index (χ0v) is 10.5. The van der Waals surface area contributed by atoms with Crippen LogP contribution in [0.1, 0.15) is 32.1 Å². The summed E-state index contributed by atoms with van der Waals surface area (Å²) in [5, 5.41) is 6.54. The SMILES string of the molecule is COC1CC(NC(=O)C2CC23CCNCC3)C1. The highest BCUT2D eigenvalue weighted by Crippen LogP contribution is 2.58. The fraction of sp³-hybridized carbons (Fsp3) is 0.923. The molecule has 3 fully saturated rings. The molecule has 1 heterocycles. The van der Waals surface area contributed by atoms with E-state index in [1.54, 1.807) is 7.11 Å². The first kappa shape index (κ1) is 11.5. The van der Waals surface area contributed by atoms with Crippen LogP contribution in [0.4, 0.5) is 0 Å². The molecule has 0 aromatic heterocycles. The smallest absolute Gasteiger partial charge is 0.223 e. The quantitative estimate of drug-likeness (QED) is 0.760. The molecule has 1 aliphatic heterocycles. The Morgan fingerprint density at radius 2 is 2.06 bits per heavy atom. The minimum absolute atomic E-state index is 0.297. The first-order valence-corrected chi connectivity index (χ1v) is 6.77. The molecule has 0 aromatic carbocycles. The Labute approximate surface area is 102 Å². The lowest BCUT2D eigenvalue weighted by Gasteiger charge is -2.35. The summed E-state index contributed by atoms with van der Waals surface area (Å²) in [6.45, 7) is 2.16. The molecule has 0 bridgehead atoms. The van der Waals surface area contributed by atoms with E-state index in [0.29, 0.717) is 29.4 Å². The number of ether oxygens (including phenoxy) is 1. The molecular formula is C13H22N2O2. The lowest BCUT2D eigenvalue weighted by Crippen LogP contribution is -2.48.